The van der Waals surface area contributed by atoms with Gasteiger partial charge in [-0.3, -0.25) is 9.59 Å². The van der Waals surface area contributed by atoms with E-state index in [9.17, 15) is 14.4 Å². The topological polar surface area (TPSA) is 94.6 Å². The van der Waals surface area contributed by atoms with Crippen molar-refractivity contribution in [1.82, 2.24) is 9.80 Å². The van der Waals surface area contributed by atoms with E-state index in [4.69, 9.17) is 18.9 Å². The molecule has 1 unspecified atom stereocenters. The van der Waals surface area contributed by atoms with Crippen LogP contribution in [0.25, 0.3) is 0 Å². The van der Waals surface area contributed by atoms with Crippen LogP contribution in [0.3, 0.4) is 0 Å². The fourth-order valence-electron chi connectivity index (χ4n) is 4.79. The molecule has 1 fully saturated rings. The SMILES string of the molecule is CC[C@H](C)[C@@H]([C@@H](CC(=O)N1CCCC1[C@H](OC)[C@@H](C)C(=O)OC)OC)N(C)C(=O)OC(C)(C)C. The standard InChI is InChI=1S/C25H46N2O7/c1-11-16(2)21(26(7)24(30)34-25(4,5)6)19(31-8)15-20(28)27-14-12-13-18(27)22(32-9)17(3)23(29)33-10/h16-19,21-22H,11-15H2,1-10H3/t16-,17+,18?,19+,21-,22+/m0/s1. The molecule has 2 amide bonds. The van der Waals surface area contributed by atoms with Gasteiger partial charge in [-0.05, 0) is 46.5 Å². The third-order valence-electron chi connectivity index (χ3n) is 6.75. The molecule has 1 saturated heterocycles. The van der Waals surface area contributed by atoms with Crippen LogP contribution in [-0.2, 0) is 28.5 Å². The molecule has 0 radical (unpaired) electrons. The zero-order valence-electron chi connectivity index (χ0n) is 22.8. The second-order valence-corrected chi connectivity index (χ2v) is 10.3. The fourth-order valence-corrected chi connectivity index (χ4v) is 4.79. The molecule has 0 aromatic carbocycles. The fraction of sp³-hybridized carbons (Fsp3) is 0.880. The smallest absolute Gasteiger partial charge is 0.410 e. The first-order chi connectivity index (χ1) is 15.8. The van der Waals surface area contributed by atoms with Gasteiger partial charge in [-0.15, -0.1) is 0 Å². The van der Waals surface area contributed by atoms with Gasteiger partial charge < -0.3 is 28.7 Å². The lowest BCUT2D eigenvalue weighted by Crippen LogP contribution is -2.53. The van der Waals surface area contributed by atoms with Crippen molar-refractivity contribution in [2.75, 3.05) is 34.9 Å². The minimum Gasteiger partial charge on any atom is -0.469 e. The van der Waals surface area contributed by atoms with Crippen LogP contribution in [-0.4, -0.2) is 92.6 Å². The van der Waals surface area contributed by atoms with Crippen LogP contribution in [0.4, 0.5) is 4.79 Å². The summed E-state index contributed by atoms with van der Waals surface area (Å²) in [5, 5.41) is 0. The van der Waals surface area contributed by atoms with Crippen molar-refractivity contribution >= 4 is 18.0 Å². The summed E-state index contributed by atoms with van der Waals surface area (Å²) in [4.78, 5) is 41.8. The summed E-state index contributed by atoms with van der Waals surface area (Å²) in [6.07, 6.45) is 1.07. The molecule has 6 atom stereocenters. The molecule has 1 rings (SSSR count). The third kappa shape index (κ3) is 7.83. The van der Waals surface area contributed by atoms with Crippen LogP contribution in [0.2, 0.25) is 0 Å². The summed E-state index contributed by atoms with van der Waals surface area (Å²) in [7, 11) is 6.16. The summed E-state index contributed by atoms with van der Waals surface area (Å²) in [6, 6.07) is -0.572. The van der Waals surface area contributed by atoms with Gasteiger partial charge >= 0.3 is 12.1 Å². The summed E-state index contributed by atoms with van der Waals surface area (Å²) in [5.41, 5.74) is -0.627. The van der Waals surface area contributed by atoms with E-state index < -0.39 is 29.8 Å². The van der Waals surface area contributed by atoms with E-state index in [0.717, 1.165) is 19.3 Å². The molecule has 0 aromatic rings. The highest BCUT2D eigenvalue weighted by Crippen LogP contribution is 2.29. The first kappa shape index (κ1) is 30.2. The molecule has 0 N–H and O–H groups in total. The molecule has 0 bridgehead atoms. The number of hydrogen-bond donors (Lipinski definition) is 0. The molecule has 1 heterocycles. The lowest BCUT2D eigenvalue weighted by atomic mass is 9.90. The molecule has 0 spiro atoms. The Balaban J connectivity index is 3.09. The highest BCUT2D eigenvalue weighted by atomic mass is 16.6. The number of likely N-dealkylation sites (N-methyl/N-ethyl adjacent to an activating group) is 1. The molecular weight excluding hydrogens is 440 g/mol. The number of nitrogens with zero attached hydrogens (tertiary/aromatic N) is 2. The van der Waals surface area contributed by atoms with Gasteiger partial charge in [0.25, 0.3) is 0 Å². The number of hydrogen-bond acceptors (Lipinski definition) is 7. The van der Waals surface area contributed by atoms with Crippen LogP contribution < -0.4 is 0 Å². The van der Waals surface area contributed by atoms with Gasteiger partial charge in [0.1, 0.15) is 5.60 Å². The molecule has 0 saturated carbocycles. The maximum atomic E-state index is 13.5. The number of esters is 1. The molecule has 1 aliphatic heterocycles. The normalized spacial score (nSPS) is 20.8. The number of carbonyl (C=O) groups is 3. The van der Waals surface area contributed by atoms with Crippen LogP contribution in [0, 0.1) is 11.8 Å². The maximum absolute atomic E-state index is 13.5. The Morgan fingerprint density at radius 2 is 1.71 bits per heavy atom. The van der Waals surface area contributed by atoms with Crippen molar-refractivity contribution in [3.63, 3.8) is 0 Å². The Morgan fingerprint density at radius 1 is 1.09 bits per heavy atom. The predicted octanol–water partition coefficient (Wildman–Crippen LogP) is 3.49. The number of rotatable bonds is 11. The summed E-state index contributed by atoms with van der Waals surface area (Å²) >= 11 is 0. The van der Waals surface area contributed by atoms with Gasteiger partial charge in [0.05, 0.1) is 43.7 Å². The Morgan fingerprint density at radius 3 is 2.18 bits per heavy atom. The Hall–Kier alpha value is -1.87. The Kier molecular flexibility index (Phi) is 11.8. The first-order valence-electron chi connectivity index (χ1n) is 12.2. The summed E-state index contributed by atoms with van der Waals surface area (Å²) < 4.78 is 21.9. The quantitative estimate of drug-likeness (QED) is 0.413. The number of methoxy groups -OCH3 is 3. The second-order valence-electron chi connectivity index (χ2n) is 10.3. The van der Waals surface area contributed by atoms with Crippen LogP contribution in [0.15, 0.2) is 0 Å². The van der Waals surface area contributed by atoms with Crippen LogP contribution in [0.1, 0.15) is 67.2 Å². The minimum absolute atomic E-state index is 0.0794. The van der Waals surface area contributed by atoms with Gasteiger partial charge in [0.2, 0.25) is 5.91 Å². The average Bonchev–Trinajstić information content (AvgIpc) is 3.26. The van der Waals surface area contributed by atoms with E-state index in [1.807, 2.05) is 34.6 Å². The summed E-state index contributed by atoms with van der Waals surface area (Å²) in [6.45, 7) is 11.9. The van der Waals surface area contributed by atoms with Crippen LogP contribution in [0.5, 0.6) is 0 Å². The van der Waals surface area contributed by atoms with Crippen LogP contribution >= 0.6 is 0 Å². The predicted molar refractivity (Wildman–Crippen MR) is 129 cm³/mol. The van der Waals surface area contributed by atoms with Gasteiger partial charge in [-0.1, -0.05) is 20.3 Å². The third-order valence-corrected chi connectivity index (χ3v) is 6.75. The molecule has 0 aliphatic carbocycles. The molecule has 9 nitrogen and oxygen atoms in total. The molecule has 0 aromatic heterocycles. The van der Waals surface area contributed by atoms with Gasteiger partial charge in [0.15, 0.2) is 0 Å². The van der Waals surface area contributed by atoms with Gasteiger partial charge in [-0.25, -0.2) is 4.79 Å². The number of amides is 2. The summed E-state index contributed by atoms with van der Waals surface area (Å²) in [5.74, 6) is -0.871. The minimum atomic E-state index is -0.627. The van der Waals surface area contributed by atoms with Crippen molar-refractivity contribution in [3.05, 3.63) is 0 Å². The number of ether oxygens (including phenoxy) is 4. The Bertz CT molecular complexity index is 679. The van der Waals surface area contributed by atoms with E-state index in [-0.39, 0.29) is 36.3 Å². The lowest BCUT2D eigenvalue weighted by molar-refractivity contribution is -0.154. The van der Waals surface area contributed by atoms with E-state index in [0.29, 0.717) is 6.54 Å². The van der Waals surface area contributed by atoms with Crippen molar-refractivity contribution < 1.29 is 33.3 Å². The zero-order chi connectivity index (χ0) is 26.2. The molecule has 198 valence electrons. The second kappa shape index (κ2) is 13.3. The van der Waals surface area contributed by atoms with E-state index >= 15 is 0 Å². The number of carbonyl (C=O) groups excluding carboxylic acids is 3. The molecule has 9 heteroatoms. The Labute approximate surface area is 205 Å². The molecular formula is C25H46N2O7. The largest absolute Gasteiger partial charge is 0.469 e. The average molecular weight is 487 g/mol. The van der Waals surface area contributed by atoms with Crippen molar-refractivity contribution in [2.45, 2.75) is 97.1 Å². The van der Waals surface area contributed by atoms with Gasteiger partial charge in [-0.2, -0.15) is 0 Å². The molecule has 1 aliphatic rings. The maximum Gasteiger partial charge on any atom is 0.410 e. The van der Waals surface area contributed by atoms with Crippen molar-refractivity contribution in [1.29, 1.82) is 0 Å². The van der Waals surface area contributed by atoms with E-state index in [1.165, 1.54) is 7.11 Å². The van der Waals surface area contributed by atoms with E-state index in [2.05, 4.69) is 0 Å². The highest BCUT2D eigenvalue weighted by Gasteiger charge is 2.42. The first-order valence-corrected chi connectivity index (χ1v) is 12.2. The monoisotopic (exact) mass is 486 g/mol. The zero-order valence-corrected chi connectivity index (χ0v) is 22.8. The van der Waals surface area contributed by atoms with Crippen molar-refractivity contribution in [2.24, 2.45) is 11.8 Å². The van der Waals surface area contributed by atoms with Crippen molar-refractivity contribution in [3.8, 4) is 0 Å². The van der Waals surface area contributed by atoms with E-state index in [1.54, 1.807) is 38.0 Å². The van der Waals surface area contributed by atoms with Gasteiger partial charge in [0, 0.05) is 27.8 Å². The highest BCUT2D eigenvalue weighted by molar-refractivity contribution is 5.78. The molecule has 34 heavy (non-hydrogen) atoms. The lowest BCUT2D eigenvalue weighted by Gasteiger charge is -2.39. The number of likely N-dealkylation sites (tertiary alicyclic amines) is 1.